The van der Waals surface area contributed by atoms with E-state index in [1.54, 1.807) is 0 Å². The first-order valence-electron chi connectivity index (χ1n) is 4.66. The Hall–Kier alpha value is -1.07. The van der Waals surface area contributed by atoms with Crippen LogP contribution in [0.2, 0.25) is 5.02 Å². The molecule has 0 spiro atoms. The van der Waals surface area contributed by atoms with E-state index in [1.807, 2.05) is 0 Å². The van der Waals surface area contributed by atoms with E-state index in [0.29, 0.717) is 6.42 Å². The number of alkyl carbamates (subject to hydrolysis) is 1. The summed E-state index contributed by atoms with van der Waals surface area (Å²) < 4.78 is 31.3. The zero-order valence-electron chi connectivity index (χ0n) is 8.50. The summed E-state index contributed by atoms with van der Waals surface area (Å²) in [5.41, 5.74) is -0.0293. The lowest BCUT2D eigenvalue weighted by molar-refractivity contribution is 0.115. The molecular weight excluding hydrogens is 275 g/mol. The van der Waals surface area contributed by atoms with Crippen LogP contribution >= 0.6 is 24.0 Å². The Morgan fingerprint density at radius 2 is 2.00 bits per heavy atom. The molecule has 1 fully saturated rings. The number of rotatable bonds is 1. The summed E-state index contributed by atoms with van der Waals surface area (Å²) in [6.45, 7) is 0.156. The zero-order valence-corrected chi connectivity index (χ0v) is 10.1. The summed E-state index contributed by atoms with van der Waals surface area (Å²) in [5, 5.41) is 2.09. The van der Waals surface area contributed by atoms with Gasteiger partial charge in [0.2, 0.25) is 0 Å². The van der Waals surface area contributed by atoms with Crippen molar-refractivity contribution in [1.82, 2.24) is 5.32 Å². The van der Waals surface area contributed by atoms with Gasteiger partial charge in [0.25, 0.3) is 0 Å². The number of amides is 1. The van der Waals surface area contributed by atoms with Crippen LogP contribution in [0.4, 0.5) is 13.6 Å². The van der Waals surface area contributed by atoms with Crippen LogP contribution in [0.5, 0.6) is 0 Å². The molecule has 1 atom stereocenters. The van der Waals surface area contributed by atoms with Gasteiger partial charge < -0.3 is 10.1 Å². The Labute approximate surface area is 107 Å². The Morgan fingerprint density at radius 3 is 2.65 bits per heavy atom. The lowest BCUT2D eigenvalue weighted by Gasteiger charge is -2.24. The third-order valence-corrected chi connectivity index (χ3v) is 2.74. The molecule has 1 saturated heterocycles. The molecule has 1 aromatic rings. The molecule has 0 aliphatic carbocycles. The van der Waals surface area contributed by atoms with E-state index in [-0.39, 0.29) is 29.6 Å². The van der Waals surface area contributed by atoms with Gasteiger partial charge in [0.15, 0.2) is 0 Å². The summed E-state index contributed by atoms with van der Waals surface area (Å²) in [6.07, 6.45) is -0.303. The molecule has 0 radical (unpaired) electrons. The second-order valence-corrected chi connectivity index (χ2v) is 3.76. The molecule has 2 rings (SSSR count). The Morgan fingerprint density at radius 1 is 1.35 bits per heavy atom. The molecular formula is C10H9Cl2F2NO2. The van der Waals surface area contributed by atoms with Crippen LogP contribution in [0, 0.1) is 11.6 Å². The van der Waals surface area contributed by atoms with Crippen molar-refractivity contribution in [3.05, 3.63) is 34.4 Å². The normalized spacial score (nSPS) is 19.0. The third-order valence-electron chi connectivity index (χ3n) is 2.36. The van der Waals surface area contributed by atoms with Gasteiger partial charge in [0.05, 0.1) is 17.7 Å². The number of hydrogen-bond acceptors (Lipinski definition) is 2. The zero-order chi connectivity index (χ0) is 11.7. The van der Waals surface area contributed by atoms with E-state index in [0.717, 1.165) is 12.1 Å². The lowest BCUT2D eigenvalue weighted by Crippen LogP contribution is -2.36. The van der Waals surface area contributed by atoms with Gasteiger partial charge in [0.1, 0.15) is 11.6 Å². The monoisotopic (exact) mass is 283 g/mol. The summed E-state index contributed by atoms with van der Waals surface area (Å²) in [7, 11) is 0. The second kappa shape index (κ2) is 5.51. The first kappa shape index (κ1) is 14.0. The molecule has 1 aliphatic heterocycles. The molecule has 1 aromatic carbocycles. The van der Waals surface area contributed by atoms with Gasteiger partial charge >= 0.3 is 6.09 Å². The molecule has 0 bridgehead atoms. The highest BCUT2D eigenvalue weighted by Crippen LogP contribution is 2.31. The van der Waals surface area contributed by atoms with Crippen molar-refractivity contribution in [3.63, 3.8) is 0 Å². The van der Waals surface area contributed by atoms with Crippen molar-refractivity contribution in [2.24, 2.45) is 0 Å². The van der Waals surface area contributed by atoms with Crippen molar-refractivity contribution in [2.75, 3.05) is 6.61 Å². The third kappa shape index (κ3) is 2.79. The van der Waals surface area contributed by atoms with Crippen molar-refractivity contribution in [2.45, 2.75) is 12.5 Å². The molecule has 1 aliphatic rings. The first-order chi connectivity index (χ1) is 7.59. The van der Waals surface area contributed by atoms with Crippen LogP contribution in [-0.4, -0.2) is 12.7 Å². The molecule has 17 heavy (non-hydrogen) atoms. The molecule has 3 nitrogen and oxygen atoms in total. The van der Waals surface area contributed by atoms with E-state index in [2.05, 4.69) is 10.1 Å². The van der Waals surface area contributed by atoms with Gasteiger partial charge in [-0.2, -0.15) is 0 Å². The minimum Gasteiger partial charge on any atom is -0.449 e. The molecule has 1 heterocycles. The summed E-state index contributed by atoms with van der Waals surface area (Å²) in [6, 6.07) is 1.28. The van der Waals surface area contributed by atoms with E-state index in [9.17, 15) is 13.6 Å². The van der Waals surface area contributed by atoms with Crippen LogP contribution in [-0.2, 0) is 4.74 Å². The van der Waals surface area contributed by atoms with E-state index in [4.69, 9.17) is 11.6 Å². The maximum absolute atomic E-state index is 13.5. The maximum atomic E-state index is 13.5. The fraction of sp³-hybridized carbons (Fsp3) is 0.300. The van der Waals surface area contributed by atoms with Crippen LogP contribution in [0.1, 0.15) is 18.0 Å². The fourth-order valence-electron chi connectivity index (χ4n) is 1.60. The molecule has 94 valence electrons. The van der Waals surface area contributed by atoms with Crippen LogP contribution in [0.15, 0.2) is 12.1 Å². The Balaban J connectivity index is 0.00000144. The predicted octanol–water partition coefficient (Wildman–Crippen LogP) is 3.21. The quantitative estimate of drug-likeness (QED) is 0.804. The number of ether oxygens (including phenoxy) is 1. The van der Waals surface area contributed by atoms with Crippen LogP contribution in [0.3, 0.4) is 0 Å². The number of cyclic esters (lactones) is 1. The first-order valence-corrected chi connectivity index (χ1v) is 5.04. The summed E-state index contributed by atoms with van der Waals surface area (Å²) in [5.74, 6) is -1.35. The van der Waals surface area contributed by atoms with Gasteiger partial charge in [-0.25, -0.2) is 13.6 Å². The maximum Gasteiger partial charge on any atom is 0.407 e. The van der Waals surface area contributed by atoms with Crippen molar-refractivity contribution in [3.8, 4) is 0 Å². The van der Waals surface area contributed by atoms with Crippen molar-refractivity contribution < 1.29 is 18.3 Å². The summed E-state index contributed by atoms with van der Waals surface area (Å²) >= 11 is 5.67. The molecule has 0 aromatic heterocycles. The highest BCUT2D eigenvalue weighted by Gasteiger charge is 2.26. The summed E-state index contributed by atoms with van der Waals surface area (Å²) in [4.78, 5) is 11.0. The minimum atomic E-state index is -0.709. The lowest BCUT2D eigenvalue weighted by atomic mass is 10.0. The second-order valence-electron chi connectivity index (χ2n) is 3.38. The van der Waals surface area contributed by atoms with Gasteiger partial charge in [-0.3, -0.25) is 0 Å². The van der Waals surface area contributed by atoms with E-state index >= 15 is 0 Å². The van der Waals surface area contributed by atoms with Gasteiger partial charge in [0, 0.05) is 12.0 Å². The van der Waals surface area contributed by atoms with E-state index < -0.39 is 23.8 Å². The highest BCUT2D eigenvalue weighted by atomic mass is 35.5. The predicted molar refractivity (Wildman–Crippen MR) is 60.5 cm³/mol. The topological polar surface area (TPSA) is 38.3 Å². The van der Waals surface area contributed by atoms with Crippen molar-refractivity contribution >= 4 is 30.1 Å². The number of carbonyl (C=O) groups is 1. The fourth-order valence-corrected chi connectivity index (χ4v) is 1.89. The van der Waals surface area contributed by atoms with Crippen LogP contribution in [0.25, 0.3) is 0 Å². The van der Waals surface area contributed by atoms with Gasteiger partial charge in [-0.1, -0.05) is 11.6 Å². The van der Waals surface area contributed by atoms with Gasteiger partial charge in [-0.15, -0.1) is 12.4 Å². The average Bonchev–Trinajstić information content (AvgIpc) is 2.24. The molecule has 1 amide bonds. The smallest absolute Gasteiger partial charge is 0.407 e. The van der Waals surface area contributed by atoms with Crippen LogP contribution < -0.4 is 5.32 Å². The average molecular weight is 284 g/mol. The van der Waals surface area contributed by atoms with E-state index in [1.165, 1.54) is 0 Å². The number of halogens is 4. The molecule has 0 saturated carbocycles. The number of carbonyl (C=O) groups excluding carboxylic acids is 1. The molecule has 1 N–H and O–H groups in total. The number of benzene rings is 1. The SMILES string of the molecule is Cl.O=C1N[C@@H](c2c(F)ccc(F)c2Cl)CCO1. The standard InChI is InChI=1S/C10H8ClF2NO2.ClH/c11-9-6(13)2-1-5(12)8(9)7-3-4-16-10(15)14-7;/h1-2,7H,3-4H2,(H,14,15);1H/t7-;/m1./s1. The highest BCUT2D eigenvalue weighted by molar-refractivity contribution is 6.31. The molecule has 7 heteroatoms. The van der Waals surface area contributed by atoms with Crippen molar-refractivity contribution in [1.29, 1.82) is 0 Å². The van der Waals surface area contributed by atoms with Gasteiger partial charge in [-0.05, 0) is 12.1 Å². The number of nitrogens with one attached hydrogen (secondary N) is 1. The largest absolute Gasteiger partial charge is 0.449 e. The Kier molecular flexibility index (Phi) is 4.54. The number of hydrogen-bond donors (Lipinski definition) is 1. The Bertz CT molecular complexity index is 443. The molecule has 0 unspecified atom stereocenters. The minimum absolute atomic E-state index is 0.